The standard InChI is InChI=1S/C18H23FN4O2/c1-13(22-17(24)18(25-2)8-4-3-5-9-18)14-6-7-16(20-10-14)23-12-15(19)11-21-23/h6-7,10-13H,3-5,8-9H2,1-2H3,(H,22,24)/t13-/m0/s1. The summed E-state index contributed by atoms with van der Waals surface area (Å²) in [5.41, 5.74) is 0.152. The minimum atomic E-state index is -0.716. The van der Waals surface area contributed by atoms with Crippen LogP contribution >= 0.6 is 0 Å². The van der Waals surface area contributed by atoms with Gasteiger partial charge in [-0.1, -0.05) is 25.3 Å². The summed E-state index contributed by atoms with van der Waals surface area (Å²) in [7, 11) is 1.61. The van der Waals surface area contributed by atoms with E-state index in [1.807, 2.05) is 13.0 Å². The van der Waals surface area contributed by atoms with Gasteiger partial charge in [0, 0.05) is 13.3 Å². The van der Waals surface area contributed by atoms with E-state index in [1.54, 1.807) is 19.4 Å². The fraction of sp³-hybridized carbons (Fsp3) is 0.500. The van der Waals surface area contributed by atoms with E-state index in [0.29, 0.717) is 5.82 Å². The van der Waals surface area contributed by atoms with E-state index in [0.717, 1.165) is 43.9 Å². The number of nitrogens with zero attached hydrogens (tertiary/aromatic N) is 3. The first kappa shape index (κ1) is 17.5. The molecule has 2 heterocycles. The van der Waals surface area contributed by atoms with E-state index >= 15 is 0 Å². The number of nitrogens with one attached hydrogen (secondary N) is 1. The molecule has 1 aliphatic carbocycles. The van der Waals surface area contributed by atoms with E-state index in [1.165, 1.54) is 10.9 Å². The highest BCUT2D eigenvalue weighted by Gasteiger charge is 2.40. The highest BCUT2D eigenvalue weighted by atomic mass is 19.1. The molecule has 0 unspecified atom stereocenters. The largest absolute Gasteiger partial charge is 0.368 e. The Labute approximate surface area is 146 Å². The van der Waals surface area contributed by atoms with Crippen molar-refractivity contribution in [2.75, 3.05) is 7.11 Å². The smallest absolute Gasteiger partial charge is 0.252 e. The molecule has 2 aromatic rings. The van der Waals surface area contributed by atoms with Crippen LogP contribution in [-0.2, 0) is 9.53 Å². The molecule has 7 heteroatoms. The second kappa shape index (κ2) is 7.31. The van der Waals surface area contributed by atoms with Crippen molar-refractivity contribution in [3.63, 3.8) is 0 Å². The Morgan fingerprint density at radius 2 is 2.08 bits per heavy atom. The fourth-order valence-electron chi connectivity index (χ4n) is 3.27. The van der Waals surface area contributed by atoms with E-state index in [2.05, 4.69) is 15.4 Å². The lowest BCUT2D eigenvalue weighted by atomic mass is 9.83. The molecule has 134 valence electrons. The Morgan fingerprint density at radius 3 is 2.64 bits per heavy atom. The normalized spacial score (nSPS) is 17.9. The summed E-state index contributed by atoms with van der Waals surface area (Å²) in [5.74, 6) is 0.0381. The van der Waals surface area contributed by atoms with Crippen LogP contribution < -0.4 is 5.32 Å². The van der Waals surface area contributed by atoms with Gasteiger partial charge in [0.25, 0.3) is 5.91 Å². The highest BCUT2D eigenvalue weighted by molar-refractivity contribution is 5.85. The number of halogens is 1. The predicted octanol–water partition coefficient (Wildman–Crippen LogP) is 2.93. The molecule has 1 aliphatic rings. The number of pyridine rings is 1. The van der Waals surface area contributed by atoms with Crippen LogP contribution in [0.1, 0.15) is 50.6 Å². The molecular formula is C18H23FN4O2. The Balaban J connectivity index is 1.68. The lowest BCUT2D eigenvalue weighted by molar-refractivity contribution is -0.148. The first-order chi connectivity index (χ1) is 12.0. The van der Waals surface area contributed by atoms with E-state index in [-0.39, 0.29) is 11.9 Å². The zero-order chi connectivity index (χ0) is 17.9. The summed E-state index contributed by atoms with van der Waals surface area (Å²) in [6.45, 7) is 1.91. The van der Waals surface area contributed by atoms with Crippen molar-refractivity contribution in [1.82, 2.24) is 20.1 Å². The van der Waals surface area contributed by atoms with Crippen LogP contribution in [0.25, 0.3) is 5.82 Å². The summed E-state index contributed by atoms with van der Waals surface area (Å²) in [6, 6.07) is 3.40. The molecule has 0 spiro atoms. The van der Waals surface area contributed by atoms with Crippen molar-refractivity contribution in [3.8, 4) is 5.82 Å². The number of hydrogen-bond acceptors (Lipinski definition) is 4. The summed E-state index contributed by atoms with van der Waals surface area (Å²) < 4.78 is 20.0. The topological polar surface area (TPSA) is 69.0 Å². The van der Waals surface area contributed by atoms with Gasteiger partial charge in [-0.3, -0.25) is 4.79 Å². The predicted molar refractivity (Wildman–Crippen MR) is 90.7 cm³/mol. The third-order valence-electron chi connectivity index (χ3n) is 4.87. The first-order valence-corrected chi connectivity index (χ1v) is 8.57. The van der Waals surface area contributed by atoms with Gasteiger partial charge in [0.1, 0.15) is 5.60 Å². The number of aromatic nitrogens is 3. The zero-order valence-corrected chi connectivity index (χ0v) is 14.5. The van der Waals surface area contributed by atoms with Gasteiger partial charge in [0.05, 0.1) is 18.4 Å². The minimum absolute atomic E-state index is 0.0691. The molecule has 3 rings (SSSR count). The van der Waals surface area contributed by atoms with Gasteiger partial charge in [-0.2, -0.15) is 5.10 Å². The van der Waals surface area contributed by atoms with Crippen molar-refractivity contribution in [1.29, 1.82) is 0 Å². The van der Waals surface area contributed by atoms with Crippen LogP contribution in [-0.4, -0.2) is 33.4 Å². The number of carbonyl (C=O) groups excluding carboxylic acids is 1. The van der Waals surface area contributed by atoms with Gasteiger partial charge >= 0.3 is 0 Å². The molecule has 0 saturated heterocycles. The van der Waals surface area contributed by atoms with Crippen LogP contribution in [0.3, 0.4) is 0 Å². The third kappa shape index (κ3) is 3.71. The average molecular weight is 346 g/mol. The number of amides is 1. The van der Waals surface area contributed by atoms with Crippen LogP contribution in [0.5, 0.6) is 0 Å². The van der Waals surface area contributed by atoms with Crippen LogP contribution in [0, 0.1) is 5.82 Å². The summed E-state index contributed by atoms with van der Waals surface area (Å²) >= 11 is 0. The van der Waals surface area contributed by atoms with Gasteiger partial charge in [-0.05, 0) is 31.4 Å². The van der Waals surface area contributed by atoms with Crippen molar-refractivity contribution in [3.05, 3.63) is 42.1 Å². The molecule has 2 aromatic heterocycles. The Hall–Kier alpha value is -2.28. The van der Waals surface area contributed by atoms with E-state index in [9.17, 15) is 9.18 Å². The average Bonchev–Trinajstić information content (AvgIpc) is 3.08. The maximum atomic E-state index is 13.0. The quantitative estimate of drug-likeness (QED) is 0.904. The van der Waals surface area contributed by atoms with Crippen LogP contribution in [0.2, 0.25) is 0 Å². The van der Waals surface area contributed by atoms with E-state index in [4.69, 9.17) is 4.74 Å². The molecule has 1 amide bonds. The molecule has 6 nitrogen and oxygen atoms in total. The lowest BCUT2D eigenvalue weighted by Gasteiger charge is -2.35. The maximum absolute atomic E-state index is 13.0. The minimum Gasteiger partial charge on any atom is -0.368 e. The molecule has 0 aromatic carbocycles. The number of methoxy groups -OCH3 is 1. The maximum Gasteiger partial charge on any atom is 0.252 e. The summed E-state index contributed by atoms with van der Waals surface area (Å²) in [6.07, 6.45) is 8.73. The van der Waals surface area contributed by atoms with Crippen LogP contribution in [0.4, 0.5) is 4.39 Å². The monoisotopic (exact) mass is 346 g/mol. The number of rotatable bonds is 5. The number of carbonyl (C=O) groups is 1. The fourth-order valence-corrected chi connectivity index (χ4v) is 3.27. The Morgan fingerprint density at radius 1 is 1.32 bits per heavy atom. The molecule has 0 aliphatic heterocycles. The highest BCUT2D eigenvalue weighted by Crippen LogP contribution is 2.32. The van der Waals surface area contributed by atoms with Crippen LogP contribution in [0.15, 0.2) is 30.7 Å². The second-order valence-corrected chi connectivity index (χ2v) is 6.51. The molecule has 1 saturated carbocycles. The molecule has 1 fully saturated rings. The van der Waals surface area contributed by atoms with Gasteiger partial charge in [0.15, 0.2) is 11.6 Å². The van der Waals surface area contributed by atoms with Gasteiger partial charge in [-0.25, -0.2) is 14.1 Å². The lowest BCUT2D eigenvalue weighted by Crippen LogP contribution is -2.50. The number of hydrogen-bond donors (Lipinski definition) is 1. The van der Waals surface area contributed by atoms with E-state index < -0.39 is 11.4 Å². The van der Waals surface area contributed by atoms with Gasteiger partial charge in [-0.15, -0.1) is 0 Å². The van der Waals surface area contributed by atoms with Crippen molar-refractivity contribution < 1.29 is 13.9 Å². The van der Waals surface area contributed by atoms with Crippen molar-refractivity contribution in [2.45, 2.75) is 50.7 Å². The Bertz CT molecular complexity index is 723. The molecule has 1 atom stereocenters. The Kier molecular flexibility index (Phi) is 5.13. The third-order valence-corrected chi connectivity index (χ3v) is 4.87. The zero-order valence-electron chi connectivity index (χ0n) is 14.5. The SMILES string of the molecule is COC1(C(=O)N[C@@H](C)c2ccc(-n3cc(F)cn3)nc2)CCCCC1. The van der Waals surface area contributed by atoms with Crippen molar-refractivity contribution >= 4 is 5.91 Å². The van der Waals surface area contributed by atoms with Gasteiger partial charge < -0.3 is 10.1 Å². The molecule has 0 bridgehead atoms. The summed E-state index contributed by atoms with van der Waals surface area (Å²) in [4.78, 5) is 17.0. The van der Waals surface area contributed by atoms with Crippen molar-refractivity contribution in [2.24, 2.45) is 0 Å². The second-order valence-electron chi connectivity index (χ2n) is 6.51. The molecule has 0 radical (unpaired) electrons. The molecular weight excluding hydrogens is 323 g/mol. The number of ether oxygens (including phenoxy) is 1. The van der Waals surface area contributed by atoms with Gasteiger partial charge in [0.2, 0.25) is 0 Å². The first-order valence-electron chi connectivity index (χ1n) is 8.57. The molecule has 1 N–H and O–H groups in total. The molecule has 25 heavy (non-hydrogen) atoms. The summed E-state index contributed by atoms with van der Waals surface area (Å²) in [5, 5.41) is 6.92.